The van der Waals surface area contributed by atoms with Crippen molar-refractivity contribution in [3.63, 3.8) is 0 Å². The van der Waals surface area contributed by atoms with Gasteiger partial charge in [-0.05, 0) is 37.3 Å². The molecule has 0 saturated heterocycles. The number of carbonyl (C=O) groups is 1. The average Bonchev–Trinajstić information content (AvgIpc) is 2.80. The highest BCUT2D eigenvalue weighted by molar-refractivity contribution is 6.31. The van der Waals surface area contributed by atoms with Crippen LogP contribution < -0.4 is 11.1 Å². The molecule has 4 nitrogen and oxygen atoms in total. The van der Waals surface area contributed by atoms with Crippen LogP contribution in [0.4, 0.5) is 5.69 Å². The molecular weight excluding hydrogens is 264 g/mol. The first-order valence-electron chi connectivity index (χ1n) is 5.94. The minimum absolute atomic E-state index is 0.0427. The van der Waals surface area contributed by atoms with E-state index in [1.807, 2.05) is 19.1 Å². The van der Waals surface area contributed by atoms with Gasteiger partial charge in [-0.1, -0.05) is 11.6 Å². The molecule has 0 aliphatic heterocycles. The Hall–Kier alpha value is -1.94. The van der Waals surface area contributed by atoms with E-state index in [1.165, 1.54) is 0 Å². The van der Waals surface area contributed by atoms with Gasteiger partial charge in [0.05, 0.1) is 6.26 Å². The molecule has 0 bridgehead atoms. The van der Waals surface area contributed by atoms with Crippen molar-refractivity contribution in [1.82, 2.24) is 5.32 Å². The van der Waals surface area contributed by atoms with E-state index in [9.17, 15) is 4.79 Å². The van der Waals surface area contributed by atoms with Crippen LogP contribution in [0, 0.1) is 0 Å². The SMILES string of the molecule is CC(Cc1ccco1)NC(=O)c1cc(N)cc(Cl)c1. The fourth-order valence-corrected chi connectivity index (χ4v) is 2.08. The van der Waals surface area contributed by atoms with Gasteiger partial charge in [0.2, 0.25) is 0 Å². The van der Waals surface area contributed by atoms with Gasteiger partial charge in [0.1, 0.15) is 5.76 Å². The second kappa shape index (κ2) is 5.80. The number of benzene rings is 1. The number of furan rings is 1. The summed E-state index contributed by atoms with van der Waals surface area (Å²) in [7, 11) is 0. The Kier molecular flexibility index (Phi) is 4.12. The van der Waals surface area contributed by atoms with Crippen molar-refractivity contribution in [1.29, 1.82) is 0 Å². The minimum atomic E-state index is -0.201. The number of halogens is 1. The first-order chi connectivity index (χ1) is 9.04. The number of nitrogens with two attached hydrogens (primary N) is 1. The van der Waals surface area contributed by atoms with Crippen molar-refractivity contribution in [2.45, 2.75) is 19.4 Å². The second-order valence-electron chi connectivity index (χ2n) is 4.43. The van der Waals surface area contributed by atoms with Crippen LogP contribution in [0.25, 0.3) is 0 Å². The van der Waals surface area contributed by atoms with Gasteiger partial charge in [-0.2, -0.15) is 0 Å². The zero-order valence-electron chi connectivity index (χ0n) is 10.5. The smallest absolute Gasteiger partial charge is 0.251 e. The van der Waals surface area contributed by atoms with Crippen LogP contribution >= 0.6 is 11.6 Å². The van der Waals surface area contributed by atoms with E-state index >= 15 is 0 Å². The number of rotatable bonds is 4. The Labute approximate surface area is 116 Å². The number of hydrogen-bond donors (Lipinski definition) is 2. The lowest BCUT2D eigenvalue weighted by Gasteiger charge is -2.13. The lowest BCUT2D eigenvalue weighted by atomic mass is 10.1. The predicted octanol–water partition coefficient (Wildman–Crippen LogP) is 2.88. The number of nitrogen functional groups attached to an aromatic ring is 1. The molecule has 3 N–H and O–H groups in total. The van der Waals surface area contributed by atoms with Crippen LogP contribution in [0.3, 0.4) is 0 Å². The summed E-state index contributed by atoms with van der Waals surface area (Å²) in [6.07, 6.45) is 2.25. The van der Waals surface area contributed by atoms with Crippen LogP contribution in [0.2, 0.25) is 5.02 Å². The van der Waals surface area contributed by atoms with Crippen LogP contribution in [-0.2, 0) is 6.42 Å². The van der Waals surface area contributed by atoms with Gasteiger partial charge in [-0.25, -0.2) is 0 Å². The maximum Gasteiger partial charge on any atom is 0.251 e. The third-order valence-electron chi connectivity index (χ3n) is 2.65. The van der Waals surface area contributed by atoms with Crippen molar-refractivity contribution < 1.29 is 9.21 Å². The first kappa shape index (κ1) is 13.5. The Morgan fingerprint density at radius 2 is 2.26 bits per heavy atom. The molecule has 5 heteroatoms. The van der Waals surface area contributed by atoms with Crippen molar-refractivity contribution in [2.75, 3.05) is 5.73 Å². The Morgan fingerprint density at radius 1 is 1.47 bits per heavy atom. The summed E-state index contributed by atoms with van der Waals surface area (Å²) in [5.74, 6) is 0.631. The van der Waals surface area contributed by atoms with Gasteiger partial charge in [0, 0.05) is 28.7 Å². The molecule has 1 aromatic carbocycles. The summed E-state index contributed by atoms with van der Waals surface area (Å²) in [4.78, 5) is 12.0. The van der Waals surface area contributed by atoms with Gasteiger partial charge in [-0.15, -0.1) is 0 Å². The summed E-state index contributed by atoms with van der Waals surface area (Å²) in [5, 5.41) is 3.32. The zero-order chi connectivity index (χ0) is 13.8. The van der Waals surface area contributed by atoms with E-state index < -0.39 is 0 Å². The Bertz CT molecular complexity index is 547. The summed E-state index contributed by atoms with van der Waals surface area (Å²) in [6.45, 7) is 1.91. The average molecular weight is 279 g/mol. The maximum atomic E-state index is 12.0. The molecule has 1 atom stereocenters. The van der Waals surface area contributed by atoms with E-state index in [-0.39, 0.29) is 11.9 Å². The van der Waals surface area contributed by atoms with Crippen LogP contribution in [-0.4, -0.2) is 11.9 Å². The highest BCUT2D eigenvalue weighted by atomic mass is 35.5. The molecule has 2 rings (SSSR count). The van der Waals surface area contributed by atoms with Gasteiger partial charge in [0.15, 0.2) is 0 Å². The second-order valence-corrected chi connectivity index (χ2v) is 4.87. The monoisotopic (exact) mass is 278 g/mol. The number of nitrogens with one attached hydrogen (secondary N) is 1. The Morgan fingerprint density at radius 3 is 2.89 bits per heavy atom. The quantitative estimate of drug-likeness (QED) is 0.845. The third kappa shape index (κ3) is 3.76. The van der Waals surface area contributed by atoms with Crippen molar-refractivity contribution in [3.05, 3.63) is 52.9 Å². The standard InChI is InChI=1S/C14H15ClN2O2/c1-9(5-13-3-2-4-19-13)17-14(18)10-6-11(15)8-12(16)7-10/h2-4,6-9H,5,16H2,1H3,(H,17,18). The summed E-state index contributed by atoms with van der Waals surface area (Å²) in [5.41, 5.74) is 6.58. The van der Waals surface area contributed by atoms with E-state index in [0.717, 1.165) is 5.76 Å². The summed E-state index contributed by atoms with van der Waals surface area (Å²) >= 11 is 5.87. The van der Waals surface area contributed by atoms with E-state index in [4.69, 9.17) is 21.8 Å². The van der Waals surface area contributed by atoms with E-state index in [0.29, 0.717) is 22.7 Å². The van der Waals surface area contributed by atoms with Crippen molar-refractivity contribution in [2.24, 2.45) is 0 Å². The molecule has 1 aromatic heterocycles. The maximum absolute atomic E-state index is 12.0. The highest BCUT2D eigenvalue weighted by Crippen LogP contribution is 2.16. The molecule has 100 valence electrons. The molecule has 19 heavy (non-hydrogen) atoms. The fourth-order valence-electron chi connectivity index (χ4n) is 1.83. The number of anilines is 1. The molecule has 0 radical (unpaired) electrons. The predicted molar refractivity (Wildman–Crippen MR) is 75.2 cm³/mol. The molecule has 1 amide bonds. The molecule has 1 heterocycles. The molecule has 0 aliphatic carbocycles. The van der Waals surface area contributed by atoms with Crippen molar-refractivity contribution >= 4 is 23.2 Å². The molecule has 1 unspecified atom stereocenters. The lowest BCUT2D eigenvalue weighted by Crippen LogP contribution is -2.34. The molecule has 0 fully saturated rings. The first-order valence-corrected chi connectivity index (χ1v) is 6.31. The summed E-state index contributed by atoms with van der Waals surface area (Å²) in [6, 6.07) is 8.44. The molecule has 0 saturated carbocycles. The molecular formula is C14H15ClN2O2. The van der Waals surface area contributed by atoms with Crippen LogP contribution in [0.15, 0.2) is 41.0 Å². The van der Waals surface area contributed by atoms with E-state index in [1.54, 1.807) is 24.5 Å². The number of hydrogen-bond acceptors (Lipinski definition) is 3. The molecule has 0 spiro atoms. The van der Waals surface area contributed by atoms with E-state index in [2.05, 4.69) is 5.32 Å². The topological polar surface area (TPSA) is 68.3 Å². The van der Waals surface area contributed by atoms with Crippen LogP contribution in [0.1, 0.15) is 23.0 Å². The largest absolute Gasteiger partial charge is 0.469 e. The van der Waals surface area contributed by atoms with Gasteiger partial charge >= 0.3 is 0 Å². The minimum Gasteiger partial charge on any atom is -0.469 e. The fraction of sp³-hybridized carbons (Fsp3) is 0.214. The normalized spacial score (nSPS) is 12.1. The molecule has 2 aromatic rings. The number of amides is 1. The van der Waals surface area contributed by atoms with Gasteiger partial charge in [0.25, 0.3) is 5.91 Å². The number of carbonyl (C=O) groups excluding carboxylic acids is 1. The van der Waals surface area contributed by atoms with Gasteiger partial charge < -0.3 is 15.5 Å². The zero-order valence-corrected chi connectivity index (χ0v) is 11.3. The lowest BCUT2D eigenvalue weighted by molar-refractivity contribution is 0.0939. The summed E-state index contributed by atoms with van der Waals surface area (Å²) < 4.78 is 5.24. The van der Waals surface area contributed by atoms with Gasteiger partial charge in [-0.3, -0.25) is 4.79 Å². The van der Waals surface area contributed by atoms with Crippen LogP contribution in [0.5, 0.6) is 0 Å². The molecule has 0 aliphatic rings. The van der Waals surface area contributed by atoms with Crippen molar-refractivity contribution in [3.8, 4) is 0 Å². The third-order valence-corrected chi connectivity index (χ3v) is 2.87. The Balaban J connectivity index is 2.00. The highest BCUT2D eigenvalue weighted by Gasteiger charge is 2.12.